The lowest BCUT2D eigenvalue weighted by molar-refractivity contribution is 0.211. The fraction of sp³-hybridized carbons (Fsp3) is 0.0667. The first-order valence-electron chi connectivity index (χ1n) is 5.97. The molecule has 0 bridgehead atoms. The summed E-state index contributed by atoms with van der Waals surface area (Å²) in [7, 11) is 0. The number of hydrogen-bond acceptors (Lipinski definition) is 5. The van der Waals surface area contributed by atoms with Gasteiger partial charge in [0.1, 0.15) is 34.9 Å². The number of benzene rings is 2. The van der Waals surface area contributed by atoms with Crippen LogP contribution in [0, 0.1) is 0 Å². The van der Waals surface area contributed by atoms with Gasteiger partial charge < -0.3 is 25.2 Å². The van der Waals surface area contributed by atoms with Crippen LogP contribution in [0.4, 0.5) is 0 Å². The molecular formula is C15H12O5. The summed E-state index contributed by atoms with van der Waals surface area (Å²) in [5, 5.41) is 38.5. The average molecular weight is 272 g/mol. The van der Waals surface area contributed by atoms with Gasteiger partial charge in [-0.25, -0.2) is 0 Å². The van der Waals surface area contributed by atoms with E-state index in [2.05, 4.69) is 0 Å². The fourth-order valence-electron chi connectivity index (χ4n) is 2.14. The highest BCUT2D eigenvalue weighted by molar-refractivity contribution is 5.68. The predicted octanol–water partition coefficient (Wildman–Crippen LogP) is 2.27. The third kappa shape index (κ3) is 2.04. The minimum Gasteiger partial charge on any atom is -0.508 e. The van der Waals surface area contributed by atoms with Gasteiger partial charge in [0, 0.05) is 17.7 Å². The Morgan fingerprint density at radius 1 is 0.900 bits per heavy atom. The van der Waals surface area contributed by atoms with Crippen LogP contribution in [0.5, 0.6) is 23.0 Å². The zero-order valence-electron chi connectivity index (χ0n) is 10.3. The first-order chi connectivity index (χ1) is 9.54. The number of phenolic OH excluding ortho intramolecular Hbond substituents is 3. The molecule has 1 heterocycles. The van der Waals surface area contributed by atoms with Crippen molar-refractivity contribution >= 4 is 5.76 Å². The largest absolute Gasteiger partial charge is 0.508 e. The van der Waals surface area contributed by atoms with Crippen molar-refractivity contribution in [2.45, 2.75) is 6.10 Å². The van der Waals surface area contributed by atoms with Crippen LogP contribution in [0.3, 0.4) is 0 Å². The molecule has 0 aliphatic carbocycles. The van der Waals surface area contributed by atoms with Gasteiger partial charge in [0.15, 0.2) is 0 Å². The monoisotopic (exact) mass is 272 g/mol. The Morgan fingerprint density at radius 2 is 1.60 bits per heavy atom. The summed E-state index contributed by atoms with van der Waals surface area (Å²) in [5.41, 5.74) is 0.876. The van der Waals surface area contributed by atoms with Gasteiger partial charge in [0.2, 0.25) is 0 Å². The molecule has 0 spiro atoms. The lowest BCUT2D eigenvalue weighted by Gasteiger charge is -2.23. The zero-order valence-corrected chi connectivity index (χ0v) is 10.3. The van der Waals surface area contributed by atoms with Crippen molar-refractivity contribution in [3.05, 3.63) is 53.6 Å². The van der Waals surface area contributed by atoms with Gasteiger partial charge in [0.25, 0.3) is 0 Å². The predicted molar refractivity (Wildman–Crippen MR) is 71.4 cm³/mol. The molecular weight excluding hydrogens is 260 g/mol. The molecule has 0 saturated carbocycles. The van der Waals surface area contributed by atoms with Gasteiger partial charge in [-0.15, -0.1) is 0 Å². The zero-order chi connectivity index (χ0) is 14.3. The molecule has 5 nitrogen and oxygen atoms in total. The SMILES string of the molecule is Oc1ccc(C2=C[C@H](O)c3c(O)cc(O)cc3O2)cc1. The molecule has 1 atom stereocenters. The summed E-state index contributed by atoms with van der Waals surface area (Å²) in [4.78, 5) is 0. The molecule has 0 aromatic heterocycles. The lowest BCUT2D eigenvalue weighted by Crippen LogP contribution is -2.08. The second-order valence-corrected chi connectivity index (χ2v) is 4.50. The minimum atomic E-state index is -1.04. The average Bonchev–Trinajstić information content (AvgIpc) is 2.38. The van der Waals surface area contributed by atoms with E-state index < -0.39 is 6.10 Å². The number of aliphatic hydroxyl groups excluding tert-OH is 1. The van der Waals surface area contributed by atoms with E-state index in [0.29, 0.717) is 11.3 Å². The standard InChI is InChI=1S/C15H12O5/c16-9-3-1-8(2-4-9)13-7-12(19)15-11(18)5-10(17)6-14(15)20-13/h1-7,12,16-19H/t12-/m0/s1. The molecule has 0 unspecified atom stereocenters. The quantitative estimate of drug-likeness (QED) is 0.639. The maximum absolute atomic E-state index is 10.1. The van der Waals surface area contributed by atoms with Crippen molar-refractivity contribution in [2.75, 3.05) is 0 Å². The van der Waals surface area contributed by atoms with E-state index in [1.807, 2.05) is 0 Å². The highest BCUT2D eigenvalue weighted by Crippen LogP contribution is 2.43. The summed E-state index contributed by atoms with van der Waals surface area (Å²) >= 11 is 0. The molecule has 0 radical (unpaired) electrons. The van der Waals surface area contributed by atoms with Gasteiger partial charge in [-0.3, -0.25) is 0 Å². The van der Waals surface area contributed by atoms with Crippen molar-refractivity contribution in [3.63, 3.8) is 0 Å². The Labute approximate surface area is 114 Å². The van der Waals surface area contributed by atoms with E-state index in [1.165, 1.54) is 24.3 Å². The summed E-state index contributed by atoms with van der Waals surface area (Å²) in [6, 6.07) is 8.75. The maximum atomic E-state index is 10.1. The molecule has 0 fully saturated rings. The first-order valence-corrected chi connectivity index (χ1v) is 5.97. The second-order valence-electron chi connectivity index (χ2n) is 4.50. The van der Waals surface area contributed by atoms with E-state index in [4.69, 9.17) is 4.74 Å². The van der Waals surface area contributed by atoms with Gasteiger partial charge in [-0.05, 0) is 30.3 Å². The van der Waals surface area contributed by atoms with Crippen molar-refractivity contribution in [3.8, 4) is 23.0 Å². The summed E-state index contributed by atoms with van der Waals surface area (Å²) < 4.78 is 5.59. The van der Waals surface area contributed by atoms with Crippen LogP contribution in [0.15, 0.2) is 42.5 Å². The molecule has 20 heavy (non-hydrogen) atoms. The van der Waals surface area contributed by atoms with Crippen LogP contribution >= 0.6 is 0 Å². The highest BCUT2D eigenvalue weighted by Gasteiger charge is 2.25. The molecule has 2 aromatic rings. The summed E-state index contributed by atoms with van der Waals surface area (Å²) in [6.07, 6.45) is 0.411. The van der Waals surface area contributed by atoms with Gasteiger partial charge >= 0.3 is 0 Å². The van der Waals surface area contributed by atoms with Gasteiger partial charge in [-0.1, -0.05) is 0 Å². The smallest absolute Gasteiger partial charge is 0.140 e. The molecule has 0 saturated heterocycles. The Hall–Kier alpha value is -2.66. The molecule has 0 amide bonds. The Bertz CT molecular complexity index is 688. The third-order valence-electron chi connectivity index (χ3n) is 3.08. The number of hydrogen-bond donors (Lipinski definition) is 4. The number of rotatable bonds is 1. The van der Waals surface area contributed by atoms with E-state index in [0.717, 1.165) is 6.07 Å². The number of phenols is 3. The first kappa shape index (κ1) is 12.4. The molecule has 1 aliphatic heterocycles. The minimum absolute atomic E-state index is 0.126. The summed E-state index contributed by atoms with van der Waals surface area (Å²) in [6.45, 7) is 0. The normalized spacial score (nSPS) is 17.1. The number of aromatic hydroxyl groups is 3. The molecule has 1 aliphatic rings. The van der Waals surface area contributed by atoms with Crippen molar-refractivity contribution in [1.82, 2.24) is 0 Å². The van der Waals surface area contributed by atoms with Crippen LogP contribution in [-0.2, 0) is 0 Å². The van der Waals surface area contributed by atoms with Crippen LogP contribution in [-0.4, -0.2) is 20.4 Å². The highest BCUT2D eigenvalue weighted by atomic mass is 16.5. The lowest BCUT2D eigenvalue weighted by atomic mass is 10.0. The second kappa shape index (κ2) is 4.47. The molecule has 102 valence electrons. The number of ether oxygens (including phenoxy) is 1. The van der Waals surface area contributed by atoms with E-state index in [1.54, 1.807) is 12.1 Å². The van der Waals surface area contributed by atoms with Gasteiger partial charge in [0.05, 0.1) is 5.56 Å². The van der Waals surface area contributed by atoms with E-state index in [-0.39, 0.29) is 28.6 Å². The van der Waals surface area contributed by atoms with Crippen molar-refractivity contribution < 1.29 is 25.2 Å². The third-order valence-corrected chi connectivity index (χ3v) is 3.08. The Morgan fingerprint density at radius 3 is 2.30 bits per heavy atom. The van der Waals surface area contributed by atoms with E-state index in [9.17, 15) is 20.4 Å². The molecule has 4 N–H and O–H groups in total. The van der Waals surface area contributed by atoms with Crippen LogP contribution < -0.4 is 4.74 Å². The number of fused-ring (bicyclic) bond motifs is 1. The van der Waals surface area contributed by atoms with Crippen LogP contribution in [0.2, 0.25) is 0 Å². The van der Waals surface area contributed by atoms with Crippen molar-refractivity contribution in [1.29, 1.82) is 0 Å². The van der Waals surface area contributed by atoms with Crippen LogP contribution in [0.25, 0.3) is 5.76 Å². The van der Waals surface area contributed by atoms with Crippen molar-refractivity contribution in [2.24, 2.45) is 0 Å². The Balaban J connectivity index is 2.04. The number of aliphatic hydroxyl groups is 1. The maximum Gasteiger partial charge on any atom is 0.140 e. The fourth-order valence-corrected chi connectivity index (χ4v) is 2.14. The van der Waals surface area contributed by atoms with Gasteiger partial charge in [-0.2, -0.15) is 0 Å². The Kier molecular flexibility index (Phi) is 2.76. The summed E-state index contributed by atoms with van der Waals surface area (Å²) in [5.74, 6) is 0.325. The molecule has 3 rings (SSSR count). The molecule has 5 heteroatoms. The van der Waals surface area contributed by atoms with E-state index >= 15 is 0 Å². The topological polar surface area (TPSA) is 90.2 Å². The van der Waals surface area contributed by atoms with Crippen LogP contribution in [0.1, 0.15) is 17.2 Å². The molecule has 2 aromatic carbocycles.